The molecule has 0 unspecified atom stereocenters. The van der Waals surface area contributed by atoms with Crippen molar-refractivity contribution >= 4 is 43.3 Å². The van der Waals surface area contributed by atoms with Crippen molar-refractivity contribution in [2.75, 3.05) is 26.3 Å². The molecule has 0 amide bonds. The van der Waals surface area contributed by atoms with Crippen LogP contribution >= 0.6 is 27.3 Å². The maximum atomic E-state index is 12.1. The number of hydrogen-bond donors (Lipinski definition) is 2. The van der Waals surface area contributed by atoms with Crippen LogP contribution in [-0.2, 0) is 14.8 Å². The van der Waals surface area contributed by atoms with Crippen LogP contribution in [0.4, 0.5) is 0 Å². The molecule has 7 nitrogen and oxygen atoms in total. The second kappa shape index (κ2) is 5.85. The fourth-order valence-corrected chi connectivity index (χ4v) is 5.04. The number of nitrogens with one attached hydrogen (secondary N) is 1. The maximum Gasteiger partial charge on any atom is 0.345 e. The van der Waals surface area contributed by atoms with Gasteiger partial charge in [0.05, 0.1) is 17.0 Å². The molecule has 1 aliphatic heterocycles. The van der Waals surface area contributed by atoms with Crippen LogP contribution in [0, 0.1) is 0 Å². The first-order valence-electron chi connectivity index (χ1n) is 5.28. The lowest BCUT2D eigenvalue weighted by Crippen LogP contribution is -2.48. The van der Waals surface area contributed by atoms with Crippen molar-refractivity contribution in [1.82, 2.24) is 9.84 Å². The fraction of sp³-hybridized carbons (Fsp3) is 0.444. The van der Waals surface area contributed by atoms with Gasteiger partial charge in [-0.15, -0.1) is 16.2 Å². The first kappa shape index (κ1) is 14.9. The Morgan fingerprint density at radius 2 is 2.11 bits per heavy atom. The Morgan fingerprint density at radius 1 is 1.47 bits per heavy atom. The molecule has 0 radical (unpaired) electrons. The Labute approximate surface area is 122 Å². The van der Waals surface area contributed by atoms with Gasteiger partial charge < -0.3 is 9.84 Å². The van der Waals surface area contributed by atoms with Gasteiger partial charge in [-0.05, 0) is 22.0 Å². The molecule has 106 valence electrons. The summed E-state index contributed by atoms with van der Waals surface area (Å²) in [6.45, 7) is 1.81. The van der Waals surface area contributed by atoms with E-state index in [-0.39, 0.29) is 13.6 Å². The average Bonchev–Trinajstić information content (AvgIpc) is 2.73. The van der Waals surface area contributed by atoms with E-state index in [1.807, 2.05) is 0 Å². The predicted molar refractivity (Wildman–Crippen MR) is 71.7 cm³/mol. The Morgan fingerprint density at radius 3 is 2.63 bits per heavy atom. The monoisotopic (exact) mass is 370 g/mol. The average molecular weight is 371 g/mol. The molecule has 0 aliphatic carbocycles. The zero-order valence-electron chi connectivity index (χ0n) is 9.63. The van der Waals surface area contributed by atoms with Crippen LogP contribution in [0.15, 0.2) is 14.7 Å². The molecule has 0 aromatic carbocycles. The molecular weight excluding hydrogens is 360 g/mol. The van der Waals surface area contributed by atoms with Crippen molar-refractivity contribution in [3.63, 3.8) is 0 Å². The number of carboxylic acids is 1. The number of thiophene rings is 1. The highest BCUT2D eigenvalue weighted by Crippen LogP contribution is 2.31. The minimum absolute atomic E-state index is 0.0331. The number of rotatable bonds is 4. The third-order valence-corrected chi connectivity index (χ3v) is 6.03. The van der Waals surface area contributed by atoms with E-state index in [4.69, 9.17) is 9.84 Å². The summed E-state index contributed by atoms with van der Waals surface area (Å²) in [6.07, 6.45) is 0. The molecule has 1 aromatic rings. The van der Waals surface area contributed by atoms with Crippen molar-refractivity contribution in [2.45, 2.75) is 4.90 Å². The minimum atomic E-state index is -3.78. The number of nitrogens with zero attached hydrogens (tertiary/aromatic N) is 1. The fourth-order valence-electron chi connectivity index (χ4n) is 1.51. The molecule has 10 heteroatoms. The second-order valence-corrected chi connectivity index (χ2v) is 7.75. The number of halogens is 1. The van der Waals surface area contributed by atoms with Gasteiger partial charge in [0.25, 0.3) is 10.0 Å². The highest BCUT2D eigenvalue weighted by Gasteiger charge is 2.25. The van der Waals surface area contributed by atoms with Crippen LogP contribution in [0.1, 0.15) is 9.67 Å². The lowest BCUT2D eigenvalue weighted by Gasteiger charge is -2.26. The summed E-state index contributed by atoms with van der Waals surface area (Å²) in [6, 6.07) is 1.14. The van der Waals surface area contributed by atoms with Crippen molar-refractivity contribution in [3.05, 3.63) is 14.7 Å². The highest BCUT2D eigenvalue weighted by atomic mass is 79.9. The number of carbonyl (C=O) groups is 1. The van der Waals surface area contributed by atoms with E-state index in [0.29, 0.717) is 26.3 Å². The highest BCUT2D eigenvalue weighted by molar-refractivity contribution is 9.11. The largest absolute Gasteiger partial charge is 0.477 e. The maximum absolute atomic E-state index is 12.1. The SMILES string of the molecule is O=C(O)c1cc(S(=O)(=O)NN2CCOCC2)c(Br)s1. The second-order valence-electron chi connectivity index (χ2n) is 3.75. The van der Waals surface area contributed by atoms with Crippen molar-refractivity contribution < 1.29 is 23.1 Å². The standard InChI is InChI=1S/C9H11BrN2O5S2/c10-8-7(5-6(18-8)9(13)14)19(15,16)11-12-1-3-17-4-2-12/h5,11H,1-4H2,(H,13,14). The van der Waals surface area contributed by atoms with E-state index in [9.17, 15) is 13.2 Å². The van der Waals surface area contributed by atoms with Crippen LogP contribution in [0.25, 0.3) is 0 Å². The Hall–Kier alpha value is -0.520. The molecule has 1 fully saturated rings. The van der Waals surface area contributed by atoms with E-state index in [1.165, 1.54) is 5.01 Å². The Kier molecular flexibility index (Phi) is 4.58. The van der Waals surface area contributed by atoms with Gasteiger partial charge >= 0.3 is 5.97 Å². The quantitative estimate of drug-likeness (QED) is 0.811. The summed E-state index contributed by atoms with van der Waals surface area (Å²) in [5.41, 5.74) is 0. The van der Waals surface area contributed by atoms with Gasteiger partial charge in [0, 0.05) is 13.1 Å². The number of hydrazine groups is 1. The number of aromatic carboxylic acids is 1. The number of carboxylic acid groups (broad SMARTS) is 1. The molecule has 1 aromatic heterocycles. The van der Waals surface area contributed by atoms with E-state index < -0.39 is 16.0 Å². The van der Waals surface area contributed by atoms with E-state index in [2.05, 4.69) is 20.8 Å². The Balaban J connectivity index is 2.21. The third kappa shape index (κ3) is 3.52. The summed E-state index contributed by atoms with van der Waals surface area (Å²) in [5.74, 6) is -1.15. The number of morpholine rings is 1. The Bertz CT molecular complexity index is 579. The molecule has 2 N–H and O–H groups in total. The molecule has 2 rings (SSSR count). The van der Waals surface area contributed by atoms with E-state index in [0.717, 1.165) is 17.4 Å². The lowest BCUT2D eigenvalue weighted by atomic mass is 10.5. The molecule has 0 bridgehead atoms. The topological polar surface area (TPSA) is 95.9 Å². The van der Waals surface area contributed by atoms with Gasteiger partial charge in [-0.1, -0.05) is 0 Å². The lowest BCUT2D eigenvalue weighted by molar-refractivity contribution is 0.0272. The number of ether oxygens (including phenoxy) is 1. The zero-order chi connectivity index (χ0) is 14.0. The summed E-state index contributed by atoms with van der Waals surface area (Å²) in [4.78, 5) is 13.1. The number of sulfonamides is 1. The summed E-state index contributed by atoms with van der Waals surface area (Å²) in [5, 5.41) is 10.4. The van der Waals surface area contributed by atoms with E-state index >= 15 is 0 Å². The normalized spacial score (nSPS) is 17.5. The van der Waals surface area contributed by atoms with E-state index in [1.54, 1.807) is 0 Å². The van der Waals surface area contributed by atoms with Crippen molar-refractivity contribution in [3.8, 4) is 0 Å². The van der Waals surface area contributed by atoms with Gasteiger partial charge in [-0.2, -0.15) is 0 Å². The predicted octanol–water partition coefficient (Wildman–Crippen LogP) is 0.734. The van der Waals surface area contributed by atoms with Gasteiger partial charge in [0.1, 0.15) is 9.77 Å². The van der Waals surface area contributed by atoms with Crippen LogP contribution < -0.4 is 4.83 Å². The van der Waals surface area contributed by atoms with Gasteiger partial charge in [0.2, 0.25) is 0 Å². The summed E-state index contributed by atoms with van der Waals surface area (Å²) in [7, 11) is -3.78. The number of hydrogen-bond acceptors (Lipinski definition) is 6. The molecule has 1 aliphatic rings. The smallest absolute Gasteiger partial charge is 0.345 e. The molecule has 0 spiro atoms. The molecule has 2 heterocycles. The minimum Gasteiger partial charge on any atom is -0.477 e. The third-order valence-electron chi connectivity index (χ3n) is 2.42. The zero-order valence-corrected chi connectivity index (χ0v) is 12.8. The first-order valence-corrected chi connectivity index (χ1v) is 8.37. The molecular formula is C9H11BrN2O5S2. The molecule has 19 heavy (non-hydrogen) atoms. The van der Waals surface area contributed by atoms with Gasteiger partial charge in [0.15, 0.2) is 0 Å². The van der Waals surface area contributed by atoms with Gasteiger partial charge in [-0.25, -0.2) is 18.2 Å². The van der Waals surface area contributed by atoms with Crippen molar-refractivity contribution in [2.24, 2.45) is 0 Å². The van der Waals surface area contributed by atoms with Gasteiger partial charge in [-0.3, -0.25) is 0 Å². The van der Waals surface area contributed by atoms with Crippen LogP contribution in [0.5, 0.6) is 0 Å². The first-order chi connectivity index (χ1) is 8.90. The van der Waals surface area contributed by atoms with Crippen LogP contribution in [0.3, 0.4) is 0 Å². The molecule has 1 saturated heterocycles. The van der Waals surface area contributed by atoms with Crippen molar-refractivity contribution in [1.29, 1.82) is 0 Å². The molecule has 0 saturated carbocycles. The summed E-state index contributed by atoms with van der Waals surface area (Å²) < 4.78 is 29.7. The summed E-state index contributed by atoms with van der Waals surface area (Å²) >= 11 is 3.94. The molecule has 0 atom stereocenters. The van der Waals surface area contributed by atoms with Crippen LogP contribution in [-0.4, -0.2) is 50.8 Å². The van der Waals surface area contributed by atoms with Crippen LogP contribution in [0.2, 0.25) is 0 Å².